The van der Waals surface area contributed by atoms with E-state index in [9.17, 15) is 4.79 Å². The number of benzene rings is 2. The predicted molar refractivity (Wildman–Crippen MR) is 114 cm³/mol. The highest BCUT2D eigenvalue weighted by Crippen LogP contribution is 2.42. The summed E-state index contributed by atoms with van der Waals surface area (Å²) in [5, 5.41) is 4.47. The zero-order valence-corrected chi connectivity index (χ0v) is 17.6. The summed E-state index contributed by atoms with van der Waals surface area (Å²) in [7, 11) is 3.30. The second kappa shape index (κ2) is 8.18. The lowest BCUT2D eigenvalue weighted by Crippen LogP contribution is -2.44. The van der Waals surface area contributed by atoms with E-state index in [4.69, 9.17) is 9.47 Å². The lowest BCUT2D eigenvalue weighted by atomic mass is 9.91. The maximum absolute atomic E-state index is 13.2. The molecule has 2 atom stereocenters. The molecule has 0 aliphatic carbocycles. The number of carbonyl (C=O) groups is 1. The van der Waals surface area contributed by atoms with Crippen molar-refractivity contribution in [3.63, 3.8) is 0 Å². The molecule has 30 heavy (non-hydrogen) atoms. The molecule has 1 amide bonds. The molecule has 156 valence electrons. The van der Waals surface area contributed by atoms with E-state index in [0.29, 0.717) is 12.4 Å². The van der Waals surface area contributed by atoms with Crippen LogP contribution in [0.1, 0.15) is 43.5 Å². The summed E-state index contributed by atoms with van der Waals surface area (Å²) in [6, 6.07) is 15.7. The number of ether oxygens (including phenoxy) is 2. The normalized spacial score (nSPS) is 18.2. The number of aromatic nitrogens is 3. The molecule has 0 N–H and O–H groups in total. The molecule has 2 aromatic carbocycles. The Hall–Kier alpha value is -3.35. The van der Waals surface area contributed by atoms with Crippen LogP contribution in [0.15, 0.2) is 54.9 Å². The zero-order valence-electron chi connectivity index (χ0n) is 17.6. The van der Waals surface area contributed by atoms with Crippen molar-refractivity contribution in [3.8, 4) is 11.5 Å². The molecular weight excluding hydrogens is 380 g/mol. The first kappa shape index (κ1) is 19.9. The van der Waals surface area contributed by atoms with Gasteiger partial charge in [-0.15, -0.1) is 0 Å². The standard InChI is InChI=1S/C23H26N4O3/c1-15(2)22(28)26-20(16-5-9-18(29-3)10-6-16)13-21(27-23(26)24-14-25-27)17-7-11-19(30-4)12-8-17/h5-12,14-15,20-21H,13H2,1-4H3/t20-,21-/m1/s1. The van der Waals surface area contributed by atoms with E-state index in [-0.39, 0.29) is 23.9 Å². The van der Waals surface area contributed by atoms with E-state index in [1.807, 2.05) is 67.1 Å². The minimum absolute atomic E-state index is 0.0262. The average molecular weight is 406 g/mol. The van der Waals surface area contributed by atoms with Gasteiger partial charge in [0.1, 0.15) is 17.8 Å². The van der Waals surface area contributed by atoms with Gasteiger partial charge in [-0.3, -0.25) is 9.69 Å². The SMILES string of the molecule is COc1ccc([C@H]2C[C@H](c3ccc(OC)cc3)n3ncnc3N2C(=O)C(C)C)cc1. The third-order valence-electron chi connectivity index (χ3n) is 5.56. The van der Waals surface area contributed by atoms with Crippen molar-refractivity contribution in [2.24, 2.45) is 5.92 Å². The molecule has 0 fully saturated rings. The van der Waals surface area contributed by atoms with E-state index >= 15 is 0 Å². The molecule has 2 heterocycles. The minimum atomic E-state index is -0.159. The number of hydrogen-bond donors (Lipinski definition) is 0. The summed E-state index contributed by atoms with van der Waals surface area (Å²) in [6.07, 6.45) is 2.20. The Morgan fingerprint density at radius 2 is 1.47 bits per heavy atom. The monoisotopic (exact) mass is 406 g/mol. The van der Waals surface area contributed by atoms with Gasteiger partial charge in [0.2, 0.25) is 11.9 Å². The Balaban J connectivity index is 1.80. The fraction of sp³-hybridized carbons (Fsp3) is 0.348. The first-order valence-electron chi connectivity index (χ1n) is 10.0. The fourth-order valence-corrected chi connectivity index (χ4v) is 3.94. The van der Waals surface area contributed by atoms with Crippen LogP contribution in [0.5, 0.6) is 11.5 Å². The highest BCUT2D eigenvalue weighted by Gasteiger charge is 2.40. The van der Waals surface area contributed by atoms with Gasteiger partial charge in [-0.1, -0.05) is 38.1 Å². The van der Waals surface area contributed by atoms with E-state index < -0.39 is 0 Å². The van der Waals surface area contributed by atoms with Crippen LogP contribution in [0.4, 0.5) is 5.95 Å². The summed E-state index contributed by atoms with van der Waals surface area (Å²) in [6.45, 7) is 3.81. The van der Waals surface area contributed by atoms with Gasteiger partial charge in [0.25, 0.3) is 0 Å². The number of fused-ring (bicyclic) bond motifs is 1. The van der Waals surface area contributed by atoms with Crippen LogP contribution in [0.3, 0.4) is 0 Å². The topological polar surface area (TPSA) is 69.5 Å². The second-order valence-corrected chi connectivity index (χ2v) is 7.68. The maximum Gasteiger partial charge on any atom is 0.232 e. The molecule has 0 saturated heterocycles. The van der Waals surface area contributed by atoms with Crippen molar-refractivity contribution in [2.45, 2.75) is 32.4 Å². The lowest BCUT2D eigenvalue weighted by Gasteiger charge is -2.40. The Morgan fingerprint density at radius 1 is 0.933 bits per heavy atom. The first-order valence-corrected chi connectivity index (χ1v) is 10.0. The molecular formula is C23H26N4O3. The molecule has 0 unspecified atom stereocenters. The Kier molecular flexibility index (Phi) is 5.44. The summed E-state index contributed by atoms with van der Waals surface area (Å²) >= 11 is 0. The Labute approximate surface area is 176 Å². The summed E-state index contributed by atoms with van der Waals surface area (Å²) in [5.74, 6) is 2.02. The third-order valence-corrected chi connectivity index (χ3v) is 5.56. The number of carbonyl (C=O) groups excluding carboxylic acids is 1. The largest absolute Gasteiger partial charge is 0.497 e. The number of rotatable bonds is 5. The number of nitrogens with zero attached hydrogens (tertiary/aromatic N) is 4. The summed E-state index contributed by atoms with van der Waals surface area (Å²) in [4.78, 5) is 19.5. The van der Waals surface area contributed by atoms with Crippen LogP contribution in [-0.4, -0.2) is 34.9 Å². The number of hydrogen-bond acceptors (Lipinski definition) is 5. The molecule has 0 spiro atoms. The van der Waals surface area contributed by atoms with Crippen molar-refractivity contribution >= 4 is 11.9 Å². The van der Waals surface area contributed by atoms with E-state index in [2.05, 4.69) is 10.1 Å². The van der Waals surface area contributed by atoms with Crippen LogP contribution < -0.4 is 14.4 Å². The van der Waals surface area contributed by atoms with Crippen molar-refractivity contribution in [1.29, 1.82) is 0 Å². The molecule has 1 aliphatic rings. The smallest absolute Gasteiger partial charge is 0.232 e. The van der Waals surface area contributed by atoms with Gasteiger partial charge in [-0.05, 0) is 41.8 Å². The van der Waals surface area contributed by atoms with Crippen molar-refractivity contribution in [1.82, 2.24) is 14.8 Å². The van der Waals surface area contributed by atoms with Crippen LogP contribution in [0.25, 0.3) is 0 Å². The Bertz CT molecular complexity index is 1010. The molecule has 1 aromatic heterocycles. The van der Waals surface area contributed by atoms with Crippen LogP contribution >= 0.6 is 0 Å². The summed E-state index contributed by atoms with van der Waals surface area (Å²) < 4.78 is 12.5. The van der Waals surface area contributed by atoms with Crippen LogP contribution in [-0.2, 0) is 4.79 Å². The highest BCUT2D eigenvalue weighted by molar-refractivity contribution is 5.94. The molecule has 1 aliphatic heterocycles. The van der Waals surface area contributed by atoms with Crippen LogP contribution in [0, 0.1) is 5.92 Å². The van der Waals surface area contributed by atoms with E-state index in [0.717, 1.165) is 22.6 Å². The van der Waals surface area contributed by atoms with Gasteiger partial charge >= 0.3 is 0 Å². The van der Waals surface area contributed by atoms with E-state index in [1.165, 1.54) is 6.33 Å². The van der Waals surface area contributed by atoms with E-state index in [1.54, 1.807) is 19.1 Å². The molecule has 0 saturated carbocycles. The first-order chi connectivity index (χ1) is 14.5. The zero-order chi connectivity index (χ0) is 21.3. The summed E-state index contributed by atoms with van der Waals surface area (Å²) in [5.41, 5.74) is 2.13. The maximum atomic E-state index is 13.2. The number of anilines is 1. The molecule has 4 rings (SSSR count). The molecule has 0 radical (unpaired) electrons. The van der Waals surface area contributed by atoms with Crippen molar-refractivity contribution < 1.29 is 14.3 Å². The second-order valence-electron chi connectivity index (χ2n) is 7.68. The van der Waals surface area contributed by atoms with Crippen LogP contribution in [0.2, 0.25) is 0 Å². The fourth-order valence-electron chi connectivity index (χ4n) is 3.94. The molecule has 0 bridgehead atoms. The lowest BCUT2D eigenvalue weighted by molar-refractivity contribution is -0.122. The van der Waals surface area contributed by atoms with Crippen molar-refractivity contribution in [3.05, 3.63) is 66.0 Å². The number of methoxy groups -OCH3 is 2. The molecule has 3 aromatic rings. The minimum Gasteiger partial charge on any atom is -0.497 e. The highest BCUT2D eigenvalue weighted by atomic mass is 16.5. The number of amides is 1. The van der Waals surface area contributed by atoms with Gasteiger partial charge in [0.15, 0.2) is 0 Å². The third kappa shape index (κ3) is 3.51. The van der Waals surface area contributed by atoms with Gasteiger partial charge < -0.3 is 9.47 Å². The van der Waals surface area contributed by atoms with Gasteiger partial charge in [-0.2, -0.15) is 10.1 Å². The van der Waals surface area contributed by atoms with Gasteiger partial charge in [0, 0.05) is 5.92 Å². The van der Waals surface area contributed by atoms with Gasteiger partial charge in [0.05, 0.1) is 26.3 Å². The van der Waals surface area contributed by atoms with Gasteiger partial charge in [-0.25, -0.2) is 4.68 Å². The predicted octanol–water partition coefficient (Wildman–Crippen LogP) is 4.02. The quantitative estimate of drug-likeness (QED) is 0.640. The molecule has 7 heteroatoms. The Morgan fingerprint density at radius 3 is 1.97 bits per heavy atom. The van der Waals surface area contributed by atoms with Crippen molar-refractivity contribution in [2.75, 3.05) is 19.1 Å². The molecule has 7 nitrogen and oxygen atoms in total. The average Bonchev–Trinajstić information content (AvgIpc) is 3.27.